The van der Waals surface area contributed by atoms with Gasteiger partial charge in [-0.2, -0.15) is 0 Å². The van der Waals surface area contributed by atoms with Crippen LogP contribution in [0.1, 0.15) is 12.0 Å². The topological polar surface area (TPSA) is 95.7 Å². The number of benzene rings is 2. The number of sulfone groups is 1. The third kappa shape index (κ3) is 3.97. The molecule has 0 bridgehead atoms. The van der Waals surface area contributed by atoms with E-state index in [4.69, 9.17) is 21.1 Å². The Kier molecular flexibility index (Phi) is 5.15. The summed E-state index contributed by atoms with van der Waals surface area (Å²) in [6.07, 6.45) is 2.11. The van der Waals surface area contributed by atoms with Crippen LogP contribution >= 0.6 is 11.6 Å². The van der Waals surface area contributed by atoms with Crippen molar-refractivity contribution >= 4 is 33.2 Å². The number of hydrogen-bond donors (Lipinski definition) is 0. The summed E-state index contributed by atoms with van der Waals surface area (Å²) in [4.78, 5) is 10.0. The first-order valence-corrected chi connectivity index (χ1v) is 9.56. The van der Waals surface area contributed by atoms with Crippen molar-refractivity contribution in [1.82, 2.24) is 0 Å². The van der Waals surface area contributed by atoms with E-state index in [0.717, 1.165) is 24.0 Å². The van der Waals surface area contributed by atoms with Gasteiger partial charge in [0.25, 0.3) is 5.69 Å². The van der Waals surface area contributed by atoms with E-state index >= 15 is 0 Å². The predicted molar refractivity (Wildman–Crippen MR) is 96.4 cm³/mol. The van der Waals surface area contributed by atoms with Crippen molar-refractivity contribution in [1.29, 1.82) is 0 Å². The van der Waals surface area contributed by atoms with E-state index in [-0.39, 0.29) is 10.6 Å². The second-order valence-corrected chi connectivity index (χ2v) is 7.72. The monoisotopic (exact) mass is 395 g/mol. The van der Waals surface area contributed by atoms with Gasteiger partial charge in [0.1, 0.15) is 0 Å². The molecule has 7 nitrogen and oxygen atoms in total. The van der Waals surface area contributed by atoms with Crippen LogP contribution in [0.3, 0.4) is 0 Å². The molecule has 26 heavy (non-hydrogen) atoms. The van der Waals surface area contributed by atoms with Gasteiger partial charge in [0, 0.05) is 24.0 Å². The van der Waals surface area contributed by atoms with Gasteiger partial charge in [-0.25, -0.2) is 8.42 Å². The zero-order chi connectivity index (χ0) is 18.7. The van der Waals surface area contributed by atoms with E-state index in [0.29, 0.717) is 35.3 Å². The largest absolute Gasteiger partial charge is 0.489 e. The lowest BCUT2D eigenvalue weighted by Gasteiger charge is -2.10. The van der Waals surface area contributed by atoms with Crippen molar-refractivity contribution in [3.8, 4) is 11.5 Å². The van der Waals surface area contributed by atoms with Crippen molar-refractivity contribution < 1.29 is 22.8 Å². The molecule has 0 atom stereocenters. The molecule has 0 unspecified atom stereocenters. The van der Waals surface area contributed by atoms with Crippen LogP contribution in [0.5, 0.6) is 11.5 Å². The van der Waals surface area contributed by atoms with Crippen molar-refractivity contribution in [2.45, 2.75) is 11.3 Å². The van der Waals surface area contributed by atoms with Crippen molar-refractivity contribution in [3.63, 3.8) is 0 Å². The first-order valence-electron chi connectivity index (χ1n) is 7.63. The van der Waals surface area contributed by atoms with Gasteiger partial charge in [0.15, 0.2) is 21.3 Å². The van der Waals surface area contributed by atoms with Gasteiger partial charge in [0.05, 0.1) is 28.1 Å². The molecule has 0 spiro atoms. The van der Waals surface area contributed by atoms with E-state index in [2.05, 4.69) is 0 Å². The summed E-state index contributed by atoms with van der Waals surface area (Å²) in [6.45, 7) is 0.980. The van der Waals surface area contributed by atoms with E-state index < -0.39 is 14.8 Å². The van der Waals surface area contributed by atoms with E-state index in [1.165, 1.54) is 18.2 Å². The van der Waals surface area contributed by atoms with Crippen LogP contribution in [0, 0.1) is 10.1 Å². The molecule has 1 aliphatic heterocycles. The molecule has 3 rings (SSSR count). The normalized spacial score (nSPS) is 14.2. The van der Waals surface area contributed by atoms with Crippen molar-refractivity contribution in [3.05, 3.63) is 62.5 Å². The second kappa shape index (κ2) is 7.35. The Morgan fingerprint density at radius 3 is 2.50 bits per heavy atom. The number of nitrogens with zero attached hydrogens (tertiary/aromatic N) is 1. The van der Waals surface area contributed by atoms with Gasteiger partial charge in [-0.05, 0) is 35.9 Å². The molecule has 0 aromatic heterocycles. The Labute approximate surface area is 154 Å². The van der Waals surface area contributed by atoms with Crippen LogP contribution in [0.25, 0.3) is 6.08 Å². The fraction of sp³-hybridized carbons (Fsp3) is 0.176. The minimum Gasteiger partial charge on any atom is -0.489 e. The Morgan fingerprint density at radius 1 is 1.12 bits per heavy atom. The number of rotatable bonds is 4. The minimum absolute atomic E-state index is 0.0419. The zero-order valence-corrected chi connectivity index (χ0v) is 15.0. The van der Waals surface area contributed by atoms with Crippen LogP contribution in [0.4, 0.5) is 5.69 Å². The molecule has 0 saturated carbocycles. The van der Waals surface area contributed by atoms with E-state index in [1.54, 1.807) is 12.1 Å². The number of hydrogen-bond acceptors (Lipinski definition) is 6. The molecule has 9 heteroatoms. The smallest absolute Gasteiger partial charge is 0.269 e. The van der Waals surface area contributed by atoms with Crippen LogP contribution in [0.2, 0.25) is 5.02 Å². The van der Waals surface area contributed by atoms with Crippen LogP contribution < -0.4 is 9.47 Å². The maximum atomic E-state index is 12.4. The lowest BCUT2D eigenvalue weighted by Crippen LogP contribution is -1.97. The van der Waals surface area contributed by atoms with Gasteiger partial charge in [0.2, 0.25) is 0 Å². The number of non-ortho nitro benzene ring substituents is 1. The molecule has 2 aromatic carbocycles. The quantitative estimate of drug-likeness (QED) is 0.576. The highest BCUT2D eigenvalue weighted by Crippen LogP contribution is 2.38. The summed E-state index contributed by atoms with van der Waals surface area (Å²) >= 11 is 6.18. The summed E-state index contributed by atoms with van der Waals surface area (Å²) in [5.74, 6) is 0.905. The van der Waals surface area contributed by atoms with Crippen molar-refractivity contribution in [2.24, 2.45) is 0 Å². The number of nitro benzene ring substituents is 1. The summed E-state index contributed by atoms with van der Waals surface area (Å²) in [5, 5.41) is 12.0. The number of halogens is 1. The van der Waals surface area contributed by atoms with Gasteiger partial charge >= 0.3 is 0 Å². The first-order chi connectivity index (χ1) is 12.4. The van der Waals surface area contributed by atoms with Crippen LogP contribution in [0.15, 0.2) is 46.7 Å². The van der Waals surface area contributed by atoms with Gasteiger partial charge in [-0.15, -0.1) is 0 Å². The molecular weight excluding hydrogens is 382 g/mol. The predicted octanol–water partition coefficient (Wildman–Crippen LogP) is 3.85. The van der Waals surface area contributed by atoms with Gasteiger partial charge < -0.3 is 9.47 Å². The molecule has 0 saturated heterocycles. The highest BCUT2D eigenvalue weighted by Gasteiger charge is 2.16. The van der Waals surface area contributed by atoms with Gasteiger partial charge in [-0.1, -0.05) is 11.6 Å². The van der Waals surface area contributed by atoms with Gasteiger partial charge in [-0.3, -0.25) is 10.1 Å². The summed E-state index contributed by atoms with van der Waals surface area (Å²) < 4.78 is 35.8. The Bertz CT molecular complexity index is 969. The van der Waals surface area contributed by atoms with E-state index in [9.17, 15) is 18.5 Å². The minimum atomic E-state index is -3.76. The molecular formula is C17H14ClNO6S. The molecule has 0 amide bonds. The standard InChI is InChI=1S/C17H14ClNO6S/c18-15-10-12(11-16-17(15)25-8-1-7-24-16)6-9-26(22,23)14-4-2-13(3-5-14)19(20)21/h2-6,9-11H,1,7-8H2/b9-6+. The molecule has 1 aliphatic rings. The summed E-state index contributed by atoms with van der Waals surface area (Å²) in [7, 11) is -3.76. The number of nitro groups is 1. The second-order valence-electron chi connectivity index (χ2n) is 5.48. The lowest BCUT2D eigenvalue weighted by atomic mass is 10.2. The average molecular weight is 396 g/mol. The molecule has 0 fully saturated rings. The first kappa shape index (κ1) is 18.2. The summed E-state index contributed by atoms with van der Waals surface area (Å²) in [5.41, 5.74) is 0.354. The van der Waals surface area contributed by atoms with E-state index in [1.807, 2.05) is 0 Å². The average Bonchev–Trinajstić information content (AvgIpc) is 2.86. The summed E-state index contributed by atoms with van der Waals surface area (Å²) in [6, 6.07) is 7.90. The number of ether oxygens (including phenoxy) is 2. The Hall–Kier alpha value is -2.58. The molecule has 136 valence electrons. The fourth-order valence-corrected chi connectivity index (χ4v) is 3.63. The molecule has 2 aromatic rings. The molecule has 0 radical (unpaired) electrons. The Morgan fingerprint density at radius 2 is 1.81 bits per heavy atom. The molecule has 0 N–H and O–H groups in total. The zero-order valence-electron chi connectivity index (χ0n) is 13.4. The Balaban J connectivity index is 1.87. The molecule has 1 heterocycles. The number of fused-ring (bicyclic) bond motifs is 1. The van der Waals surface area contributed by atoms with Crippen LogP contribution in [-0.4, -0.2) is 26.6 Å². The van der Waals surface area contributed by atoms with Crippen LogP contribution in [-0.2, 0) is 9.84 Å². The fourth-order valence-electron chi connectivity index (χ4n) is 2.35. The maximum Gasteiger partial charge on any atom is 0.269 e. The SMILES string of the molecule is O=[N+]([O-])c1ccc(S(=O)(=O)/C=C/c2cc(Cl)c3c(c2)OCCCO3)cc1. The highest BCUT2D eigenvalue weighted by atomic mass is 35.5. The third-order valence-corrected chi connectivity index (χ3v) is 5.34. The highest BCUT2D eigenvalue weighted by molar-refractivity contribution is 7.94. The third-order valence-electron chi connectivity index (χ3n) is 3.64. The lowest BCUT2D eigenvalue weighted by molar-refractivity contribution is -0.384. The van der Waals surface area contributed by atoms with Crippen molar-refractivity contribution in [2.75, 3.05) is 13.2 Å². The maximum absolute atomic E-state index is 12.4. The molecule has 0 aliphatic carbocycles.